The SMILES string of the molecule is CCCOC(=O)c1ccc(OCC(=O)N/N=C/c2ccc(O)cc2)cc1. The van der Waals surface area contributed by atoms with Crippen molar-refractivity contribution in [3.8, 4) is 11.5 Å². The molecule has 2 aromatic rings. The number of benzene rings is 2. The van der Waals surface area contributed by atoms with E-state index < -0.39 is 5.91 Å². The van der Waals surface area contributed by atoms with E-state index in [1.54, 1.807) is 36.4 Å². The van der Waals surface area contributed by atoms with E-state index in [0.29, 0.717) is 17.9 Å². The number of esters is 1. The molecule has 0 spiro atoms. The first kappa shape index (κ1) is 19.0. The van der Waals surface area contributed by atoms with Crippen LogP contribution in [0.3, 0.4) is 0 Å². The van der Waals surface area contributed by atoms with Crippen molar-refractivity contribution in [2.24, 2.45) is 5.10 Å². The number of carbonyl (C=O) groups excluding carboxylic acids is 2. The molecule has 0 saturated heterocycles. The van der Waals surface area contributed by atoms with E-state index in [9.17, 15) is 14.7 Å². The van der Waals surface area contributed by atoms with Gasteiger partial charge in [-0.15, -0.1) is 0 Å². The first-order valence-electron chi connectivity index (χ1n) is 8.09. The zero-order valence-corrected chi connectivity index (χ0v) is 14.3. The van der Waals surface area contributed by atoms with Crippen LogP contribution >= 0.6 is 0 Å². The molecule has 2 rings (SSSR count). The Labute approximate surface area is 151 Å². The molecule has 0 heterocycles. The number of hydrazone groups is 1. The topological polar surface area (TPSA) is 97.2 Å². The summed E-state index contributed by atoms with van der Waals surface area (Å²) in [6.45, 7) is 2.08. The van der Waals surface area contributed by atoms with Crippen LogP contribution in [-0.2, 0) is 9.53 Å². The number of nitrogens with zero attached hydrogens (tertiary/aromatic N) is 1. The standard InChI is InChI=1S/C19H20N2O5/c1-2-11-25-19(24)15-5-9-17(10-6-15)26-13-18(23)21-20-12-14-3-7-16(22)8-4-14/h3-10,12,22H,2,11,13H2,1H3,(H,21,23)/b20-12+. The minimum absolute atomic E-state index is 0.157. The van der Waals surface area contributed by atoms with Gasteiger partial charge in [0, 0.05) is 0 Å². The highest BCUT2D eigenvalue weighted by Crippen LogP contribution is 2.13. The molecule has 0 aliphatic rings. The fourth-order valence-corrected chi connectivity index (χ4v) is 1.89. The van der Waals surface area contributed by atoms with E-state index in [0.717, 1.165) is 12.0 Å². The molecule has 0 saturated carbocycles. The fraction of sp³-hybridized carbons (Fsp3) is 0.211. The van der Waals surface area contributed by atoms with Crippen molar-refractivity contribution in [3.05, 3.63) is 59.7 Å². The van der Waals surface area contributed by atoms with E-state index >= 15 is 0 Å². The molecule has 1 amide bonds. The van der Waals surface area contributed by atoms with Crippen molar-refractivity contribution in [2.75, 3.05) is 13.2 Å². The lowest BCUT2D eigenvalue weighted by Gasteiger charge is -2.06. The van der Waals surface area contributed by atoms with Gasteiger partial charge < -0.3 is 14.6 Å². The molecule has 7 heteroatoms. The summed E-state index contributed by atoms with van der Waals surface area (Å²) in [5, 5.41) is 13.0. The monoisotopic (exact) mass is 356 g/mol. The third kappa shape index (κ3) is 6.27. The first-order valence-corrected chi connectivity index (χ1v) is 8.09. The van der Waals surface area contributed by atoms with Gasteiger partial charge in [-0.3, -0.25) is 4.79 Å². The van der Waals surface area contributed by atoms with Gasteiger partial charge in [-0.05, 0) is 60.5 Å². The van der Waals surface area contributed by atoms with Crippen LogP contribution in [0.2, 0.25) is 0 Å². The Kier molecular flexibility index (Phi) is 7.17. The summed E-state index contributed by atoms with van der Waals surface area (Å²) in [5.74, 6) is -0.204. The summed E-state index contributed by atoms with van der Waals surface area (Å²) >= 11 is 0. The highest BCUT2D eigenvalue weighted by atomic mass is 16.5. The summed E-state index contributed by atoms with van der Waals surface area (Å²) in [4.78, 5) is 23.4. The van der Waals surface area contributed by atoms with Gasteiger partial charge in [-0.25, -0.2) is 10.2 Å². The second kappa shape index (κ2) is 9.83. The molecule has 0 atom stereocenters. The highest BCUT2D eigenvalue weighted by Gasteiger charge is 2.07. The van der Waals surface area contributed by atoms with Gasteiger partial charge in [0.2, 0.25) is 0 Å². The zero-order chi connectivity index (χ0) is 18.8. The van der Waals surface area contributed by atoms with Crippen LogP contribution in [0.4, 0.5) is 0 Å². The highest BCUT2D eigenvalue weighted by molar-refractivity contribution is 5.89. The summed E-state index contributed by atoms with van der Waals surface area (Å²) in [6, 6.07) is 12.7. The van der Waals surface area contributed by atoms with Crippen molar-refractivity contribution in [1.29, 1.82) is 0 Å². The summed E-state index contributed by atoms with van der Waals surface area (Å²) in [5.41, 5.74) is 3.49. The Bertz CT molecular complexity index is 755. The largest absolute Gasteiger partial charge is 0.508 e. The third-order valence-electron chi connectivity index (χ3n) is 3.19. The predicted molar refractivity (Wildman–Crippen MR) is 96.4 cm³/mol. The third-order valence-corrected chi connectivity index (χ3v) is 3.19. The molecule has 0 aliphatic carbocycles. The molecule has 136 valence electrons. The summed E-state index contributed by atoms with van der Waals surface area (Å²) in [7, 11) is 0. The molecule has 0 bridgehead atoms. The number of amides is 1. The smallest absolute Gasteiger partial charge is 0.338 e. The summed E-state index contributed by atoms with van der Waals surface area (Å²) < 4.78 is 10.4. The van der Waals surface area contributed by atoms with E-state index in [1.165, 1.54) is 18.3 Å². The molecule has 0 unspecified atom stereocenters. The lowest BCUT2D eigenvalue weighted by atomic mass is 10.2. The van der Waals surface area contributed by atoms with Crippen LogP contribution in [0.15, 0.2) is 53.6 Å². The average Bonchev–Trinajstić information content (AvgIpc) is 2.66. The van der Waals surface area contributed by atoms with Gasteiger partial charge in [-0.2, -0.15) is 5.10 Å². The Morgan fingerprint density at radius 1 is 1.12 bits per heavy atom. The molecular formula is C19H20N2O5. The van der Waals surface area contributed by atoms with Crippen molar-refractivity contribution in [2.45, 2.75) is 13.3 Å². The Morgan fingerprint density at radius 2 is 1.81 bits per heavy atom. The lowest BCUT2D eigenvalue weighted by molar-refractivity contribution is -0.123. The van der Waals surface area contributed by atoms with Crippen LogP contribution in [-0.4, -0.2) is 36.4 Å². The zero-order valence-electron chi connectivity index (χ0n) is 14.3. The van der Waals surface area contributed by atoms with Crippen molar-refractivity contribution in [1.82, 2.24) is 5.43 Å². The molecular weight excluding hydrogens is 336 g/mol. The Balaban J connectivity index is 1.76. The predicted octanol–water partition coefficient (Wildman–Crippen LogP) is 2.49. The normalized spacial score (nSPS) is 10.5. The molecule has 0 aromatic heterocycles. The number of nitrogens with one attached hydrogen (secondary N) is 1. The van der Waals surface area contributed by atoms with Crippen molar-refractivity contribution < 1.29 is 24.2 Å². The van der Waals surface area contributed by atoms with Gasteiger partial charge in [0.1, 0.15) is 11.5 Å². The number of aromatic hydroxyl groups is 1. The van der Waals surface area contributed by atoms with E-state index in [2.05, 4.69) is 10.5 Å². The lowest BCUT2D eigenvalue weighted by Crippen LogP contribution is -2.24. The van der Waals surface area contributed by atoms with Crippen LogP contribution in [0, 0.1) is 0 Å². The fourth-order valence-electron chi connectivity index (χ4n) is 1.89. The van der Waals surface area contributed by atoms with Crippen LogP contribution in [0.25, 0.3) is 0 Å². The van der Waals surface area contributed by atoms with Gasteiger partial charge >= 0.3 is 5.97 Å². The molecule has 0 aliphatic heterocycles. The number of phenolic OH excluding ortho intramolecular Hbond substituents is 1. The molecule has 2 N–H and O–H groups in total. The minimum Gasteiger partial charge on any atom is -0.508 e. The number of hydrogen-bond acceptors (Lipinski definition) is 6. The number of ether oxygens (including phenoxy) is 2. The Morgan fingerprint density at radius 3 is 2.46 bits per heavy atom. The average molecular weight is 356 g/mol. The summed E-state index contributed by atoms with van der Waals surface area (Å²) in [6.07, 6.45) is 2.21. The number of phenols is 1. The number of rotatable bonds is 8. The number of hydrogen-bond donors (Lipinski definition) is 2. The van der Waals surface area contributed by atoms with E-state index in [-0.39, 0.29) is 18.3 Å². The maximum atomic E-state index is 11.7. The van der Waals surface area contributed by atoms with Gasteiger partial charge in [0.05, 0.1) is 18.4 Å². The minimum atomic E-state index is -0.425. The molecule has 26 heavy (non-hydrogen) atoms. The van der Waals surface area contributed by atoms with Crippen LogP contribution < -0.4 is 10.2 Å². The van der Waals surface area contributed by atoms with Gasteiger partial charge in [0.15, 0.2) is 6.61 Å². The van der Waals surface area contributed by atoms with Gasteiger partial charge in [-0.1, -0.05) is 6.92 Å². The van der Waals surface area contributed by atoms with Crippen molar-refractivity contribution >= 4 is 18.1 Å². The van der Waals surface area contributed by atoms with Gasteiger partial charge in [0.25, 0.3) is 5.91 Å². The molecule has 0 radical (unpaired) electrons. The van der Waals surface area contributed by atoms with Crippen molar-refractivity contribution in [3.63, 3.8) is 0 Å². The molecule has 7 nitrogen and oxygen atoms in total. The quantitative estimate of drug-likeness (QED) is 0.430. The molecule has 2 aromatic carbocycles. The Hall–Kier alpha value is -3.35. The second-order valence-electron chi connectivity index (χ2n) is 5.33. The van der Waals surface area contributed by atoms with E-state index in [4.69, 9.17) is 9.47 Å². The first-order chi connectivity index (χ1) is 12.6. The number of carbonyl (C=O) groups is 2. The van der Waals surface area contributed by atoms with Crippen LogP contribution in [0.5, 0.6) is 11.5 Å². The second-order valence-corrected chi connectivity index (χ2v) is 5.33. The molecule has 0 fully saturated rings. The maximum absolute atomic E-state index is 11.7. The van der Waals surface area contributed by atoms with Crippen LogP contribution in [0.1, 0.15) is 29.3 Å². The van der Waals surface area contributed by atoms with E-state index in [1.807, 2.05) is 6.92 Å². The maximum Gasteiger partial charge on any atom is 0.338 e.